The largest absolute Gasteiger partial charge is 0.333 e. The standard InChI is InChI=1S/C13H16BrFN2O3S/c1-13(2)4-3-5-17(13)12(18)8-6-11(21(16,19)20)9(14)7-10(8)15/h6-7H,3-5H2,1-2H3,(H2,16,19,20). The molecule has 1 aromatic rings. The van der Waals surface area contributed by atoms with Crippen molar-refractivity contribution in [2.45, 2.75) is 37.1 Å². The molecule has 0 aromatic heterocycles. The Morgan fingerprint density at radius 3 is 2.52 bits per heavy atom. The molecule has 0 saturated carbocycles. The summed E-state index contributed by atoms with van der Waals surface area (Å²) < 4.78 is 37.0. The van der Waals surface area contributed by atoms with Gasteiger partial charge in [0.05, 0.1) is 10.5 Å². The van der Waals surface area contributed by atoms with Crippen molar-refractivity contribution in [1.82, 2.24) is 4.90 Å². The predicted molar refractivity (Wildman–Crippen MR) is 79.8 cm³/mol. The van der Waals surface area contributed by atoms with Crippen LogP contribution in [-0.4, -0.2) is 31.3 Å². The third-order valence-electron chi connectivity index (χ3n) is 3.70. The van der Waals surface area contributed by atoms with Gasteiger partial charge in [-0.05, 0) is 54.8 Å². The molecule has 1 aliphatic rings. The Labute approximate surface area is 131 Å². The molecule has 2 N–H and O–H groups in total. The number of nitrogens with two attached hydrogens (primary N) is 1. The van der Waals surface area contributed by atoms with Gasteiger partial charge < -0.3 is 4.90 Å². The monoisotopic (exact) mass is 378 g/mol. The smallest absolute Gasteiger partial charge is 0.257 e. The van der Waals surface area contributed by atoms with Crippen molar-refractivity contribution in [1.29, 1.82) is 0 Å². The molecule has 2 rings (SSSR count). The molecule has 1 heterocycles. The number of carbonyl (C=O) groups excluding carboxylic acids is 1. The average molecular weight is 379 g/mol. The maximum Gasteiger partial charge on any atom is 0.257 e. The van der Waals surface area contributed by atoms with Gasteiger partial charge in [-0.3, -0.25) is 4.79 Å². The average Bonchev–Trinajstić information content (AvgIpc) is 2.66. The molecular formula is C13H16BrFN2O3S. The van der Waals surface area contributed by atoms with Crippen LogP contribution in [0.2, 0.25) is 0 Å². The topological polar surface area (TPSA) is 80.5 Å². The molecule has 0 spiro atoms. The lowest BCUT2D eigenvalue weighted by Gasteiger charge is -2.31. The summed E-state index contributed by atoms with van der Waals surface area (Å²) in [5.41, 5.74) is -0.657. The van der Waals surface area contributed by atoms with Gasteiger partial charge >= 0.3 is 0 Å². The zero-order valence-electron chi connectivity index (χ0n) is 11.7. The van der Waals surface area contributed by atoms with Crippen LogP contribution in [0.3, 0.4) is 0 Å². The Morgan fingerprint density at radius 1 is 1.43 bits per heavy atom. The normalized spacial score (nSPS) is 18.0. The molecule has 0 radical (unpaired) electrons. The van der Waals surface area contributed by atoms with Crippen LogP contribution < -0.4 is 5.14 Å². The lowest BCUT2D eigenvalue weighted by Crippen LogP contribution is -2.43. The van der Waals surface area contributed by atoms with Gasteiger partial charge in [0, 0.05) is 16.6 Å². The Balaban J connectivity index is 2.52. The highest BCUT2D eigenvalue weighted by Crippen LogP contribution is 2.32. The fourth-order valence-corrected chi connectivity index (χ4v) is 4.15. The number of hydrogen-bond donors (Lipinski definition) is 1. The zero-order valence-corrected chi connectivity index (χ0v) is 14.1. The first-order valence-corrected chi connectivity index (χ1v) is 8.72. The van der Waals surface area contributed by atoms with Gasteiger partial charge in [-0.1, -0.05) is 0 Å². The number of carbonyl (C=O) groups is 1. The Hall–Kier alpha value is -0.990. The highest BCUT2D eigenvalue weighted by molar-refractivity contribution is 9.10. The van der Waals surface area contributed by atoms with Crippen molar-refractivity contribution in [2.24, 2.45) is 5.14 Å². The zero-order chi connectivity index (χ0) is 16.0. The van der Waals surface area contributed by atoms with Crippen LogP contribution in [0.15, 0.2) is 21.5 Å². The van der Waals surface area contributed by atoms with E-state index in [-0.39, 0.29) is 20.5 Å². The number of benzene rings is 1. The van der Waals surface area contributed by atoms with Gasteiger partial charge in [-0.25, -0.2) is 17.9 Å². The van der Waals surface area contributed by atoms with Gasteiger partial charge in [0.2, 0.25) is 10.0 Å². The second-order valence-electron chi connectivity index (χ2n) is 5.68. The SMILES string of the molecule is CC1(C)CCCN1C(=O)c1cc(S(N)(=O)=O)c(Br)cc1F. The van der Waals surface area contributed by atoms with Crippen LogP contribution in [0, 0.1) is 5.82 Å². The Kier molecular flexibility index (Phi) is 4.16. The van der Waals surface area contributed by atoms with Gasteiger partial charge in [-0.15, -0.1) is 0 Å². The minimum Gasteiger partial charge on any atom is -0.333 e. The number of primary sulfonamides is 1. The first-order valence-electron chi connectivity index (χ1n) is 6.38. The first kappa shape index (κ1) is 16.4. The molecule has 1 aliphatic heterocycles. The number of rotatable bonds is 2. The van der Waals surface area contributed by atoms with Crippen molar-refractivity contribution in [2.75, 3.05) is 6.54 Å². The minimum absolute atomic E-state index is 0.000248. The van der Waals surface area contributed by atoms with E-state index in [1.54, 1.807) is 4.90 Å². The van der Waals surface area contributed by atoms with Crippen molar-refractivity contribution in [3.63, 3.8) is 0 Å². The maximum absolute atomic E-state index is 14.1. The van der Waals surface area contributed by atoms with E-state index in [0.717, 1.165) is 25.0 Å². The molecule has 1 saturated heterocycles. The van der Waals surface area contributed by atoms with Gasteiger partial charge in [0.15, 0.2) is 0 Å². The van der Waals surface area contributed by atoms with Crippen LogP contribution in [0.4, 0.5) is 4.39 Å². The maximum atomic E-state index is 14.1. The van der Waals surface area contributed by atoms with E-state index >= 15 is 0 Å². The number of amides is 1. The molecule has 116 valence electrons. The van der Waals surface area contributed by atoms with E-state index in [9.17, 15) is 17.6 Å². The van der Waals surface area contributed by atoms with E-state index in [1.165, 1.54) is 0 Å². The van der Waals surface area contributed by atoms with Crippen LogP contribution >= 0.6 is 15.9 Å². The number of sulfonamides is 1. The van der Waals surface area contributed by atoms with Crippen molar-refractivity contribution in [3.05, 3.63) is 28.0 Å². The molecule has 8 heteroatoms. The molecule has 1 aromatic carbocycles. The second kappa shape index (κ2) is 5.33. The van der Waals surface area contributed by atoms with E-state index in [0.29, 0.717) is 6.54 Å². The van der Waals surface area contributed by atoms with Crippen LogP contribution in [0.5, 0.6) is 0 Å². The van der Waals surface area contributed by atoms with Gasteiger partial charge in [-0.2, -0.15) is 0 Å². The highest BCUT2D eigenvalue weighted by Gasteiger charge is 2.37. The van der Waals surface area contributed by atoms with Crippen LogP contribution in [0.1, 0.15) is 37.0 Å². The fourth-order valence-electron chi connectivity index (χ4n) is 2.54. The summed E-state index contributed by atoms with van der Waals surface area (Å²) in [6, 6.07) is 1.95. The molecule has 0 aliphatic carbocycles. The number of halogens is 2. The van der Waals surface area contributed by atoms with Gasteiger partial charge in [0.25, 0.3) is 5.91 Å². The van der Waals surface area contributed by atoms with E-state index in [4.69, 9.17) is 5.14 Å². The third kappa shape index (κ3) is 3.12. The molecule has 1 fully saturated rings. The molecule has 0 unspecified atom stereocenters. The lowest BCUT2D eigenvalue weighted by atomic mass is 10.0. The van der Waals surface area contributed by atoms with E-state index in [1.807, 2.05) is 13.8 Å². The Bertz CT molecular complexity index is 704. The van der Waals surface area contributed by atoms with E-state index in [2.05, 4.69) is 15.9 Å². The van der Waals surface area contributed by atoms with Gasteiger partial charge in [0.1, 0.15) is 5.82 Å². The summed E-state index contributed by atoms with van der Waals surface area (Å²) >= 11 is 2.95. The first-order chi connectivity index (χ1) is 9.54. The van der Waals surface area contributed by atoms with Crippen LogP contribution in [0.25, 0.3) is 0 Å². The summed E-state index contributed by atoms with van der Waals surface area (Å²) in [4.78, 5) is 13.8. The molecule has 0 bridgehead atoms. The summed E-state index contributed by atoms with van der Waals surface area (Å²) in [5, 5.41) is 5.08. The molecular weight excluding hydrogens is 363 g/mol. The van der Waals surface area contributed by atoms with Crippen molar-refractivity contribution >= 4 is 31.9 Å². The molecule has 5 nitrogen and oxygen atoms in total. The van der Waals surface area contributed by atoms with Crippen molar-refractivity contribution in [3.8, 4) is 0 Å². The third-order valence-corrected chi connectivity index (χ3v) is 5.57. The predicted octanol–water partition coefficient (Wildman–Crippen LogP) is 2.25. The minimum atomic E-state index is -4.04. The highest BCUT2D eigenvalue weighted by atomic mass is 79.9. The quantitative estimate of drug-likeness (QED) is 0.856. The number of likely N-dealkylation sites (tertiary alicyclic amines) is 1. The fraction of sp³-hybridized carbons (Fsp3) is 0.462. The second-order valence-corrected chi connectivity index (χ2v) is 8.06. The summed E-state index contributed by atoms with van der Waals surface area (Å²) in [6.07, 6.45) is 1.65. The molecule has 1 amide bonds. The van der Waals surface area contributed by atoms with Crippen LogP contribution in [-0.2, 0) is 10.0 Å². The summed E-state index contributed by atoms with van der Waals surface area (Å²) in [6.45, 7) is 4.32. The summed E-state index contributed by atoms with van der Waals surface area (Å²) in [5.74, 6) is -1.30. The summed E-state index contributed by atoms with van der Waals surface area (Å²) in [7, 11) is -4.04. The molecule has 0 atom stereocenters. The number of nitrogens with zero attached hydrogens (tertiary/aromatic N) is 1. The number of hydrogen-bond acceptors (Lipinski definition) is 3. The van der Waals surface area contributed by atoms with E-state index < -0.39 is 21.7 Å². The lowest BCUT2D eigenvalue weighted by molar-refractivity contribution is 0.0647. The van der Waals surface area contributed by atoms with Crippen molar-refractivity contribution < 1.29 is 17.6 Å². The molecule has 21 heavy (non-hydrogen) atoms. The Morgan fingerprint density at radius 2 is 2.05 bits per heavy atom.